The van der Waals surface area contributed by atoms with E-state index in [9.17, 15) is 0 Å². The van der Waals surface area contributed by atoms with Crippen molar-refractivity contribution in [2.24, 2.45) is 0 Å². The fraction of sp³-hybridized carbons (Fsp3) is 0.571. The first-order valence-corrected chi connectivity index (χ1v) is 6.43. The average molecular weight is 244 g/mol. The van der Waals surface area contributed by atoms with E-state index in [2.05, 4.69) is 34.9 Å². The van der Waals surface area contributed by atoms with Gasteiger partial charge < -0.3 is 4.90 Å². The second-order valence-electron chi connectivity index (χ2n) is 5.10. The number of aromatic nitrogens is 1. The van der Waals surface area contributed by atoms with E-state index in [4.69, 9.17) is 5.26 Å². The Hall–Kier alpha value is -1.44. The number of rotatable bonds is 3. The molecule has 2 heterocycles. The van der Waals surface area contributed by atoms with E-state index >= 15 is 0 Å². The normalized spacial score (nSPS) is 20.9. The van der Waals surface area contributed by atoms with Gasteiger partial charge >= 0.3 is 0 Å². The maximum absolute atomic E-state index is 9.04. The van der Waals surface area contributed by atoms with Crippen molar-refractivity contribution < 1.29 is 0 Å². The van der Waals surface area contributed by atoms with Crippen molar-refractivity contribution in [2.45, 2.75) is 25.4 Å². The second kappa shape index (κ2) is 5.94. The van der Waals surface area contributed by atoms with Crippen LogP contribution >= 0.6 is 0 Å². The lowest BCUT2D eigenvalue weighted by Gasteiger charge is -2.35. The van der Waals surface area contributed by atoms with Gasteiger partial charge in [-0.25, -0.2) is 4.98 Å². The van der Waals surface area contributed by atoms with E-state index in [1.54, 1.807) is 6.20 Å². The van der Waals surface area contributed by atoms with Gasteiger partial charge in [-0.1, -0.05) is 6.07 Å². The van der Waals surface area contributed by atoms with Crippen molar-refractivity contribution >= 4 is 0 Å². The van der Waals surface area contributed by atoms with Crippen LogP contribution in [0.15, 0.2) is 18.3 Å². The summed E-state index contributed by atoms with van der Waals surface area (Å²) in [5.74, 6) is 0. The highest BCUT2D eigenvalue weighted by molar-refractivity contribution is 5.30. The van der Waals surface area contributed by atoms with Gasteiger partial charge in [-0.15, -0.1) is 0 Å². The van der Waals surface area contributed by atoms with Gasteiger partial charge in [0.2, 0.25) is 0 Å². The number of pyridine rings is 1. The molecule has 1 aliphatic rings. The lowest BCUT2D eigenvalue weighted by molar-refractivity contribution is 0.129. The SMILES string of the molecule is CN1CCCC(N(C)Cc2cccnc2C#N)C1. The van der Waals surface area contributed by atoms with E-state index in [0.717, 1.165) is 18.7 Å². The average Bonchev–Trinajstić information content (AvgIpc) is 2.39. The molecule has 1 saturated heterocycles. The Kier molecular flexibility index (Phi) is 4.29. The Labute approximate surface area is 109 Å². The van der Waals surface area contributed by atoms with Crippen LogP contribution in [0.4, 0.5) is 0 Å². The minimum atomic E-state index is 0.550. The highest BCUT2D eigenvalue weighted by Crippen LogP contribution is 2.16. The summed E-state index contributed by atoms with van der Waals surface area (Å²) >= 11 is 0. The summed E-state index contributed by atoms with van der Waals surface area (Å²) in [6, 6.07) is 6.64. The van der Waals surface area contributed by atoms with Crippen LogP contribution in [0.25, 0.3) is 0 Å². The van der Waals surface area contributed by atoms with Crippen molar-refractivity contribution in [3.05, 3.63) is 29.6 Å². The summed E-state index contributed by atoms with van der Waals surface area (Å²) in [6.07, 6.45) is 4.17. The van der Waals surface area contributed by atoms with Gasteiger partial charge in [0, 0.05) is 30.9 Å². The van der Waals surface area contributed by atoms with Gasteiger partial charge in [-0.2, -0.15) is 5.26 Å². The van der Waals surface area contributed by atoms with Crippen LogP contribution in [0.5, 0.6) is 0 Å². The van der Waals surface area contributed by atoms with Crippen LogP contribution in [0, 0.1) is 11.3 Å². The lowest BCUT2D eigenvalue weighted by Crippen LogP contribution is -2.44. The summed E-state index contributed by atoms with van der Waals surface area (Å²) in [5.41, 5.74) is 1.57. The highest BCUT2D eigenvalue weighted by Gasteiger charge is 2.21. The predicted octanol–water partition coefficient (Wildman–Crippen LogP) is 1.48. The molecule has 0 saturated carbocycles. The summed E-state index contributed by atoms with van der Waals surface area (Å²) in [7, 11) is 4.31. The number of nitrogens with zero attached hydrogens (tertiary/aromatic N) is 4. The zero-order valence-corrected chi connectivity index (χ0v) is 11.1. The summed E-state index contributed by atoms with van der Waals surface area (Å²) < 4.78 is 0. The van der Waals surface area contributed by atoms with Gasteiger partial charge in [0.25, 0.3) is 0 Å². The van der Waals surface area contributed by atoms with Gasteiger partial charge in [0.1, 0.15) is 11.8 Å². The van der Waals surface area contributed by atoms with E-state index in [0.29, 0.717) is 11.7 Å². The molecule has 18 heavy (non-hydrogen) atoms. The van der Waals surface area contributed by atoms with Crippen LogP contribution in [0.1, 0.15) is 24.1 Å². The number of nitriles is 1. The first-order valence-electron chi connectivity index (χ1n) is 6.43. The molecule has 0 N–H and O–H groups in total. The molecule has 0 radical (unpaired) electrons. The van der Waals surface area contributed by atoms with Gasteiger partial charge in [-0.05, 0) is 39.5 Å². The summed E-state index contributed by atoms with van der Waals surface area (Å²) in [6.45, 7) is 3.11. The lowest BCUT2D eigenvalue weighted by atomic mass is 10.0. The summed E-state index contributed by atoms with van der Waals surface area (Å²) in [4.78, 5) is 8.83. The smallest absolute Gasteiger partial charge is 0.144 e. The minimum Gasteiger partial charge on any atom is -0.305 e. The molecule has 1 aromatic rings. The molecule has 0 aromatic carbocycles. The van der Waals surface area contributed by atoms with Crippen LogP contribution in [0.2, 0.25) is 0 Å². The van der Waals surface area contributed by atoms with Crippen molar-refractivity contribution in [3.8, 4) is 6.07 Å². The first kappa shape index (κ1) is 13.0. The fourth-order valence-corrected chi connectivity index (χ4v) is 2.56. The molecule has 1 atom stereocenters. The molecule has 2 rings (SSSR count). The number of likely N-dealkylation sites (N-methyl/N-ethyl adjacent to an activating group) is 2. The molecular formula is C14H20N4. The van der Waals surface area contributed by atoms with E-state index < -0.39 is 0 Å². The Morgan fingerprint density at radius 2 is 2.44 bits per heavy atom. The third kappa shape index (κ3) is 3.06. The largest absolute Gasteiger partial charge is 0.305 e. The van der Waals surface area contributed by atoms with Crippen molar-refractivity contribution in [1.82, 2.24) is 14.8 Å². The van der Waals surface area contributed by atoms with Crippen molar-refractivity contribution in [1.29, 1.82) is 5.26 Å². The molecule has 96 valence electrons. The molecule has 4 heteroatoms. The molecule has 1 unspecified atom stereocenters. The van der Waals surface area contributed by atoms with E-state index in [1.165, 1.54) is 19.4 Å². The van der Waals surface area contributed by atoms with E-state index in [1.807, 2.05) is 12.1 Å². The molecule has 4 nitrogen and oxygen atoms in total. The monoisotopic (exact) mass is 244 g/mol. The van der Waals surface area contributed by atoms with Crippen molar-refractivity contribution in [3.63, 3.8) is 0 Å². The quantitative estimate of drug-likeness (QED) is 0.808. The predicted molar refractivity (Wildman–Crippen MR) is 70.9 cm³/mol. The van der Waals surface area contributed by atoms with Crippen LogP contribution in [0.3, 0.4) is 0 Å². The standard InChI is InChI=1S/C14H20N4/c1-17-8-4-6-13(11-17)18(2)10-12-5-3-7-16-14(12)9-15/h3,5,7,13H,4,6,8,10-11H2,1-2H3. The molecule has 1 fully saturated rings. The molecule has 0 spiro atoms. The summed E-state index contributed by atoms with van der Waals surface area (Å²) in [5, 5.41) is 9.04. The number of hydrogen-bond donors (Lipinski definition) is 0. The molecule has 1 aromatic heterocycles. The number of piperidine rings is 1. The van der Waals surface area contributed by atoms with E-state index in [-0.39, 0.29) is 0 Å². The first-order chi connectivity index (χ1) is 8.70. The molecule has 0 amide bonds. The molecular weight excluding hydrogens is 224 g/mol. The maximum Gasteiger partial charge on any atom is 0.144 e. The second-order valence-corrected chi connectivity index (χ2v) is 5.10. The van der Waals surface area contributed by atoms with Crippen LogP contribution < -0.4 is 0 Å². The maximum atomic E-state index is 9.04. The third-order valence-electron chi connectivity index (χ3n) is 3.64. The molecule has 0 bridgehead atoms. The Morgan fingerprint density at radius 1 is 1.61 bits per heavy atom. The van der Waals surface area contributed by atoms with Crippen molar-refractivity contribution in [2.75, 3.05) is 27.2 Å². The van der Waals surface area contributed by atoms with Crippen LogP contribution in [-0.2, 0) is 6.54 Å². The topological polar surface area (TPSA) is 43.2 Å². The number of hydrogen-bond acceptors (Lipinski definition) is 4. The zero-order valence-electron chi connectivity index (χ0n) is 11.1. The zero-order chi connectivity index (χ0) is 13.0. The Balaban J connectivity index is 2.02. The number of likely N-dealkylation sites (tertiary alicyclic amines) is 1. The highest BCUT2D eigenvalue weighted by atomic mass is 15.2. The third-order valence-corrected chi connectivity index (χ3v) is 3.64. The molecule has 1 aliphatic heterocycles. The van der Waals surface area contributed by atoms with Crippen LogP contribution in [-0.4, -0.2) is 48.0 Å². The Bertz CT molecular complexity index is 438. The minimum absolute atomic E-state index is 0.550. The van der Waals surface area contributed by atoms with Gasteiger partial charge in [0.15, 0.2) is 0 Å². The Morgan fingerprint density at radius 3 is 3.17 bits per heavy atom. The fourth-order valence-electron chi connectivity index (χ4n) is 2.56. The molecule has 0 aliphatic carbocycles. The van der Waals surface area contributed by atoms with Gasteiger partial charge in [-0.3, -0.25) is 4.90 Å². The van der Waals surface area contributed by atoms with Gasteiger partial charge in [0.05, 0.1) is 0 Å².